The second-order valence-electron chi connectivity index (χ2n) is 9.69. The van der Waals surface area contributed by atoms with Gasteiger partial charge in [0.25, 0.3) is 0 Å². The van der Waals surface area contributed by atoms with Crippen molar-refractivity contribution >= 4 is 23.2 Å². The summed E-state index contributed by atoms with van der Waals surface area (Å²) in [6.07, 6.45) is 5.51. The minimum absolute atomic E-state index is 0.00146. The van der Waals surface area contributed by atoms with Gasteiger partial charge < -0.3 is 15.1 Å². The van der Waals surface area contributed by atoms with E-state index in [1.807, 2.05) is 30.0 Å². The lowest BCUT2D eigenvalue weighted by atomic mass is 9.89. The fraction of sp³-hybridized carbons (Fsp3) is 0.519. The van der Waals surface area contributed by atoms with Gasteiger partial charge in [-0.25, -0.2) is 0 Å². The smallest absolute Gasteiger partial charge is 0.231 e. The highest BCUT2D eigenvalue weighted by Gasteiger charge is 2.33. The minimum atomic E-state index is 0.00146. The molecular formula is C27H36N4O2. The van der Waals surface area contributed by atoms with Gasteiger partial charge in [0, 0.05) is 44.5 Å². The van der Waals surface area contributed by atoms with E-state index in [0.717, 1.165) is 62.5 Å². The molecule has 2 amide bonds. The molecule has 1 N–H and O–H groups in total. The molecule has 2 fully saturated rings. The molecule has 1 unspecified atom stereocenters. The second-order valence-corrected chi connectivity index (χ2v) is 9.69. The number of hydrogen-bond donors (Lipinski definition) is 1. The van der Waals surface area contributed by atoms with E-state index >= 15 is 0 Å². The van der Waals surface area contributed by atoms with E-state index in [9.17, 15) is 9.59 Å². The molecule has 6 heteroatoms. The second kappa shape index (κ2) is 10.4. The van der Waals surface area contributed by atoms with E-state index in [1.165, 1.54) is 5.56 Å². The Morgan fingerprint density at radius 1 is 1.12 bits per heavy atom. The Morgan fingerprint density at radius 3 is 2.45 bits per heavy atom. The molecule has 2 aliphatic heterocycles. The average Bonchev–Trinajstić information content (AvgIpc) is 2.80. The zero-order chi connectivity index (χ0) is 23.4. The first-order chi connectivity index (χ1) is 15.9. The van der Waals surface area contributed by atoms with Crippen molar-refractivity contribution < 1.29 is 9.59 Å². The van der Waals surface area contributed by atoms with E-state index in [1.54, 1.807) is 6.20 Å². The third-order valence-electron chi connectivity index (χ3n) is 7.29. The number of carbonyl (C=O) groups is 2. The fourth-order valence-electron chi connectivity index (χ4n) is 4.77. The monoisotopic (exact) mass is 448 g/mol. The van der Waals surface area contributed by atoms with Crippen LogP contribution in [0.3, 0.4) is 0 Å². The molecule has 0 radical (unpaired) electrons. The summed E-state index contributed by atoms with van der Waals surface area (Å²) < 4.78 is 0. The summed E-state index contributed by atoms with van der Waals surface area (Å²) in [5, 5.41) is 3.07. The van der Waals surface area contributed by atoms with Crippen molar-refractivity contribution in [2.45, 2.75) is 52.4 Å². The van der Waals surface area contributed by atoms with Crippen LogP contribution in [0, 0.1) is 18.8 Å². The van der Waals surface area contributed by atoms with Gasteiger partial charge in [-0.3, -0.25) is 14.6 Å². The number of rotatable bonds is 7. The van der Waals surface area contributed by atoms with Crippen molar-refractivity contribution in [3.05, 3.63) is 53.9 Å². The molecule has 2 aromatic rings. The molecule has 33 heavy (non-hydrogen) atoms. The van der Waals surface area contributed by atoms with Crippen molar-refractivity contribution in [2.24, 2.45) is 11.8 Å². The van der Waals surface area contributed by atoms with Crippen LogP contribution in [0.5, 0.6) is 0 Å². The molecule has 4 rings (SSSR count). The van der Waals surface area contributed by atoms with Crippen LogP contribution in [0.1, 0.15) is 56.7 Å². The van der Waals surface area contributed by atoms with E-state index < -0.39 is 0 Å². The maximum Gasteiger partial charge on any atom is 0.231 e. The van der Waals surface area contributed by atoms with Crippen LogP contribution < -0.4 is 10.2 Å². The molecule has 2 aliphatic rings. The molecule has 6 nitrogen and oxygen atoms in total. The summed E-state index contributed by atoms with van der Waals surface area (Å²) in [6.45, 7) is 9.42. The number of hydrogen-bond acceptors (Lipinski definition) is 4. The highest BCUT2D eigenvalue weighted by molar-refractivity contribution is 5.94. The van der Waals surface area contributed by atoms with Gasteiger partial charge in [0.15, 0.2) is 0 Å². The summed E-state index contributed by atoms with van der Waals surface area (Å²) in [4.78, 5) is 33.7. The SMILES string of the molecule is CCC(C)CC(=O)N1CCC(c2ccc(NC(=O)C3CN(c4cccnc4C)C3)cc2)CC1. The molecule has 3 heterocycles. The number of benzene rings is 1. The molecule has 0 aliphatic carbocycles. The van der Waals surface area contributed by atoms with Crippen LogP contribution in [-0.4, -0.2) is 47.9 Å². The fourth-order valence-corrected chi connectivity index (χ4v) is 4.77. The molecule has 1 atom stereocenters. The molecule has 176 valence electrons. The Bertz CT molecular complexity index is 960. The predicted molar refractivity (Wildman–Crippen MR) is 132 cm³/mol. The summed E-state index contributed by atoms with van der Waals surface area (Å²) in [6, 6.07) is 12.3. The number of pyridine rings is 1. The van der Waals surface area contributed by atoms with Crippen LogP contribution >= 0.6 is 0 Å². The number of nitrogens with one attached hydrogen (secondary N) is 1. The van der Waals surface area contributed by atoms with Crippen LogP contribution in [0.15, 0.2) is 42.6 Å². The lowest BCUT2D eigenvalue weighted by molar-refractivity contribution is -0.133. The van der Waals surface area contributed by atoms with Crippen LogP contribution in [-0.2, 0) is 9.59 Å². The van der Waals surface area contributed by atoms with E-state index in [-0.39, 0.29) is 11.8 Å². The zero-order valence-electron chi connectivity index (χ0n) is 20.1. The normalized spacial score (nSPS) is 18.0. The molecule has 0 spiro atoms. The largest absolute Gasteiger partial charge is 0.368 e. The zero-order valence-corrected chi connectivity index (χ0v) is 20.1. The van der Waals surface area contributed by atoms with Crippen molar-refractivity contribution in [2.75, 3.05) is 36.4 Å². The van der Waals surface area contributed by atoms with Gasteiger partial charge in [-0.15, -0.1) is 0 Å². The molecule has 1 aromatic heterocycles. The quantitative estimate of drug-likeness (QED) is 0.672. The number of carbonyl (C=O) groups excluding carboxylic acids is 2. The number of piperidine rings is 1. The lowest BCUT2D eigenvalue weighted by Gasteiger charge is -2.40. The van der Waals surface area contributed by atoms with E-state index in [2.05, 4.69) is 47.2 Å². The van der Waals surface area contributed by atoms with Gasteiger partial charge in [-0.2, -0.15) is 0 Å². The third-order valence-corrected chi connectivity index (χ3v) is 7.29. The predicted octanol–water partition coefficient (Wildman–Crippen LogP) is 4.61. The van der Waals surface area contributed by atoms with Crippen LogP contribution in [0.4, 0.5) is 11.4 Å². The number of aryl methyl sites for hydroxylation is 1. The highest BCUT2D eigenvalue weighted by atomic mass is 16.2. The van der Waals surface area contributed by atoms with Gasteiger partial charge in [0.05, 0.1) is 17.3 Å². The van der Waals surface area contributed by atoms with Crippen LogP contribution in [0.25, 0.3) is 0 Å². The summed E-state index contributed by atoms with van der Waals surface area (Å²) in [7, 11) is 0. The first-order valence-electron chi connectivity index (χ1n) is 12.3. The maximum atomic E-state index is 12.7. The van der Waals surface area contributed by atoms with Crippen molar-refractivity contribution in [3.63, 3.8) is 0 Å². The first-order valence-corrected chi connectivity index (χ1v) is 12.3. The number of aromatic nitrogens is 1. The molecule has 1 aromatic carbocycles. The van der Waals surface area contributed by atoms with Crippen LogP contribution in [0.2, 0.25) is 0 Å². The minimum Gasteiger partial charge on any atom is -0.368 e. The lowest BCUT2D eigenvalue weighted by Crippen LogP contribution is -2.52. The Morgan fingerprint density at radius 2 is 1.82 bits per heavy atom. The summed E-state index contributed by atoms with van der Waals surface area (Å²) in [5.41, 5.74) is 4.25. The number of nitrogens with zero attached hydrogens (tertiary/aromatic N) is 3. The van der Waals surface area contributed by atoms with Crippen molar-refractivity contribution in [1.82, 2.24) is 9.88 Å². The third kappa shape index (κ3) is 5.55. The Hall–Kier alpha value is -2.89. The van der Waals surface area contributed by atoms with Gasteiger partial charge in [0.1, 0.15) is 0 Å². The van der Waals surface area contributed by atoms with Gasteiger partial charge >= 0.3 is 0 Å². The average molecular weight is 449 g/mol. The molecule has 0 bridgehead atoms. The van der Waals surface area contributed by atoms with Gasteiger partial charge in [-0.05, 0) is 61.4 Å². The van der Waals surface area contributed by atoms with Crippen molar-refractivity contribution in [3.8, 4) is 0 Å². The summed E-state index contributed by atoms with van der Waals surface area (Å²) >= 11 is 0. The summed E-state index contributed by atoms with van der Waals surface area (Å²) in [5.74, 6) is 1.31. The standard InChI is InChI=1S/C27H36N4O2/c1-4-19(2)16-26(32)30-14-11-22(12-15-30)21-7-9-24(10-8-21)29-27(33)23-17-31(18-23)25-6-5-13-28-20(25)3/h5-10,13,19,22-23H,4,11-12,14-18H2,1-3H3,(H,29,33). The Balaban J connectivity index is 1.23. The van der Waals surface area contributed by atoms with E-state index in [0.29, 0.717) is 24.2 Å². The Kier molecular flexibility index (Phi) is 7.31. The number of anilines is 2. The highest BCUT2D eigenvalue weighted by Crippen LogP contribution is 2.30. The van der Waals surface area contributed by atoms with Gasteiger partial charge in [-0.1, -0.05) is 32.4 Å². The Labute approximate surface area is 197 Å². The first kappa shape index (κ1) is 23.3. The molecule has 2 saturated heterocycles. The molecular weight excluding hydrogens is 412 g/mol. The number of amides is 2. The number of likely N-dealkylation sites (tertiary alicyclic amines) is 1. The molecule has 0 saturated carbocycles. The van der Waals surface area contributed by atoms with Crippen molar-refractivity contribution in [1.29, 1.82) is 0 Å². The van der Waals surface area contributed by atoms with E-state index in [4.69, 9.17) is 0 Å². The van der Waals surface area contributed by atoms with Gasteiger partial charge in [0.2, 0.25) is 11.8 Å². The maximum absolute atomic E-state index is 12.7. The topological polar surface area (TPSA) is 65.5 Å².